The molecular formula is C15H25N4O4S2+. The zero-order valence-electron chi connectivity index (χ0n) is 14.4. The van der Waals surface area contributed by atoms with E-state index < -0.39 is 16.1 Å². The van der Waals surface area contributed by atoms with E-state index in [1.807, 2.05) is 13.8 Å². The van der Waals surface area contributed by atoms with Gasteiger partial charge in [-0.1, -0.05) is 13.0 Å². The Labute approximate surface area is 152 Å². The first-order valence-corrected chi connectivity index (χ1v) is 10.6. The normalized spacial score (nSPS) is 17.8. The molecule has 1 aromatic heterocycles. The molecule has 1 atom stereocenters. The first-order valence-electron chi connectivity index (χ1n) is 8.30. The van der Waals surface area contributed by atoms with Crippen molar-refractivity contribution in [3.05, 3.63) is 17.5 Å². The number of hydrogen-bond acceptors (Lipinski definition) is 5. The number of imide groups is 1. The van der Waals surface area contributed by atoms with Crippen molar-refractivity contribution >= 4 is 33.3 Å². The van der Waals surface area contributed by atoms with Crippen molar-refractivity contribution in [3.63, 3.8) is 0 Å². The maximum atomic E-state index is 12.4. The van der Waals surface area contributed by atoms with Crippen LogP contribution in [0.2, 0.25) is 0 Å². The summed E-state index contributed by atoms with van der Waals surface area (Å²) in [6, 6.07) is 2.83. The van der Waals surface area contributed by atoms with Crippen molar-refractivity contribution < 1.29 is 22.9 Å². The molecule has 25 heavy (non-hydrogen) atoms. The van der Waals surface area contributed by atoms with Gasteiger partial charge in [-0.25, -0.2) is 13.2 Å². The topological polar surface area (TPSA) is 100 Å². The summed E-state index contributed by atoms with van der Waals surface area (Å²) >= 11 is 1.20. The summed E-state index contributed by atoms with van der Waals surface area (Å²) in [6.07, 6.45) is 0.785. The summed E-state index contributed by atoms with van der Waals surface area (Å²) in [5.41, 5.74) is 0. The van der Waals surface area contributed by atoms with Crippen molar-refractivity contribution in [2.24, 2.45) is 0 Å². The van der Waals surface area contributed by atoms with Crippen LogP contribution in [-0.4, -0.2) is 63.4 Å². The van der Waals surface area contributed by atoms with Gasteiger partial charge in [-0.3, -0.25) is 10.1 Å². The minimum atomic E-state index is -3.43. The van der Waals surface area contributed by atoms with Crippen molar-refractivity contribution in [1.29, 1.82) is 0 Å². The largest absolute Gasteiger partial charge is 0.335 e. The Hall–Kier alpha value is -1.49. The van der Waals surface area contributed by atoms with Gasteiger partial charge >= 0.3 is 6.03 Å². The molecule has 0 aliphatic carbocycles. The van der Waals surface area contributed by atoms with E-state index in [-0.39, 0.29) is 18.5 Å². The fourth-order valence-electron chi connectivity index (χ4n) is 2.52. The van der Waals surface area contributed by atoms with Gasteiger partial charge < -0.3 is 10.2 Å². The molecule has 2 rings (SSSR count). The molecule has 1 aromatic rings. The van der Waals surface area contributed by atoms with Crippen LogP contribution in [-0.2, 0) is 14.8 Å². The molecular weight excluding hydrogens is 364 g/mol. The second kappa shape index (κ2) is 8.75. The first-order chi connectivity index (χ1) is 11.8. The second-order valence-corrected chi connectivity index (χ2v) is 9.21. The van der Waals surface area contributed by atoms with Gasteiger partial charge in [0.2, 0.25) is 0 Å². The Morgan fingerprint density at radius 1 is 1.36 bits per heavy atom. The highest BCUT2D eigenvalue weighted by Crippen LogP contribution is 2.20. The van der Waals surface area contributed by atoms with Crippen LogP contribution >= 0.6 is 11.3 Å². The standard InChI is InChI=1S/C15H24N4O4S2/c1-3-12(2)16-15(21)17-13(20)11-18-6-8-19(9-7-18)25(22,23)14-5-4-10-24-14/h4-5,10,12H,3,6-9,11H2,1-2H3,(H2,16,17,20,21)/p+1/t12-/m1/s1. The van der Waals surface area contributed by atoms with Gasteiger partial charge in [0, 0.05) is 6.04 Å². The van der Waals surface area contributed by atoms with Crippen molar-refractivity contribution in [2.45, 2.75) is 30.5 Å². The number of sulfonamides is 1. The summed E-state index contributed by atoms with van der Waals surface area (Å²) in [6.45, 7) is 5.75. The minimum Gasteiger partial charge on any atom is -0.335 e. The average molecular weight is 390 g/mol. The quantitative estimate of drug-likeness (QED) is 0.597. The van der Waals surface area contributed by atoms with Gasteiger partial charge in [-0.15, -0.1) is 11.3 Å². The smallest absolute Gasteiger partial charge is 0.321 e. The highest BCUT2D eigenvalue weighted by atomic mass is 32.2. The predicted molar refractivity (Wildman–Crippen MR) is 95.1 cm³/mol. The number of amides is 3. The zero-order chi connectivity index (χ0) is 18.4. The van der Waals surface area contributed by atoms with Gasteiger partial charge in [0.25, 0.3) is 15.9 Å². The minimum absolute atomic E-state index is 0.00569. The van der Waals surface area contributed by atoms with E-state index in [1.54, 1.807) is 17.5 Å². The van der Waals surface area contributed by atoms with E-state index in [4.69, 9.17) is 0 Å². The fourth-order valence-corrected chi connectivity index (χ4v) is 5.10. The van der Waals surface area contributed by atoms with Gasteiger partial charge in [-0.05, 0) is 24.8 Å². The van der Waals surface area contributed by atoms with Crippen LogP contribution in [0.1, 0.15) is 20.3 Å². The van der Waals surface area contributed by atoms with Gasteiger partial charge in [0.05, 0.1) is 26.2 Å². The molecule has 10 heteroatoms. The number of quaternary nitrogens is 1. The number of piperazine rings is 1. The molecule has 0 aromatic carbocycles. The Kier molecular flexibility index (Phi) is 6.94. The average Bonchev–Trinajstić information content (AvgIpc) is 3.10. The Morgan fingerprint density at radius 3 is 2.60 bits per heavy atom. The van der Waals surface area contributed by atoms with Crippen LogP contribution < -0.4 is 15.5 Å². The molecule has 1 aliphatic rings. The van der Waals surface area contributed by atoms with Crippen LogP contribution in [0.5, 0.6) is 0 Å². The van der Waals surface area contributed by atoms with Crippen molar-refractivity contribution in [2.75, 3.05) is 32.7 Å². The molecule has 0 spiro atoms. The second-order valence-electron chi connectivity index (χ2n) is 6.09. The molecule has 0 bridgehead atoms. The third-order valence-corrected chi connectivity index (χ3v) is 7.44. The van der Waals surface area contributed by atoms with E-state index in [0.29, 0.717) is 30.4 Å². The Balaban J connectivity index is 1.79. The maximum absolute atomic E-state index is 12.4. The number of urea groups is 1. The van der Waals surface area contributed by atoms with Crippen LogP contribution in [0.15, 0.2) is 21.7 Å². The van der Waals surface area contributed by atoms with Crippen LogP contribution in [0.25, 0.3) is 0 Å². The van der Waals surface area contributed by atoms with E-state index >= 15 is 0 Å². The third-order valence-electron chi connectivity index (χ3n) is 4.17. The molecule has 140 valence electrons. The van der Waals surface area contributed by atoms with E-state index in [1.165, 1.54) is 15.6 Å². The summed E-state index contributed by atoms with van der Waals surface area (Å²) in [5.74, 6) is -0.356. The molecule has 0 unspecified atom stereocenters. The number of rotatable bonds is 6. The SMILES string of the molecule is CC[C@@H](C)NC(=O)NC(=O)C[NH+]1CCN(S(=O)(=O)c2cccs2)CC1. The summed E-state index contributed by atoms with van der Waals surface area (Å²) in [7, 11) is -3.43. The lowest BCUT2D eigenvalue weighted by Gasteiger charge is -2.30. The molecule has 8 nitrogen and oxygen atoms in total. The van der Waals surface area contributed by atoms with Gasteiger partial charge in [0.1, 0.15) is 4.21 Å². The molecule has 0 radical (unpaired) electrons. The number of thiophene rings is 1. The maximum Gasteiger partial charge on any atom is 0.321 e. The fraction of sp³-hybridized carbons (Fsp3) is 0.600. The van der Waals surface area contributed by atoms with Crippen molar-refractivity contribution in [3.8, 4) is 0 Å². The molecule has 2 heterocycles. The molecule has 1 fully saturated rings. The molecule has 3 amide bonds. The first kappa shape index (κ1) is 19.8. The molecule has 1 aliphatic heterocycles. The summed E-state index contributed by atoms with van der Waals surface area (Å²) < 4.78 is 26.7. The monoisotopic (exact) mass is 389 g/mol. The van der Waals surface area contributed by atoms with Crippen LogP contribution in [0, 0.1) is 0 Å². The van der Waals surface area contributed by atoms with Gasteiger partial charge in [-0.2, -0.15) is 4.31 Å². The summed E-state index contributed by atoms with van der Waals surface area (Å²) in [4.78, 5) is 24.5. The molecule has 0 saturated carbocycles. The molecule has 1 saturated heterocycles. The Bertz CT molecular complexity index is 682. The lowest BCUT2D eigenvalue weighted by molar-refractivity contribution is -0.895. The van der Waals surface area contributed by atoms with Crippen LogP contribution in [0.3, 0.4) is 0 Å². The van der Waals surface area contributed by atoms with E-state index in [0.717, 1.165) is 11.3 Å². The number of hydrogen-bond donors (Lipinski definition) is 3. The van der Waals surface area contributed by atoms with E-state index in [2.05, 4.69) is 10.6 Å². The lowest BCUT2D eigenvalue weighted by Crippen LogP contribution is -3.15. The van der Waals surface area contributed by atoms with Crippen molar-refractivity contribution in [1.82, 2.24) is 14.9 Å². The summed E-state index contributed by atoms with van der Waals surface area (Å²) in [5, 5.41) is 6.73. The lowest BCUT2D eigenvalue weighted by atomic mass is 10.3. The number of nitrogens with one attached hydrogen (secondary N) is 3. The highest BCUT2D eigenvalue weighted by molar-refractivity contribution is 7.91. The Morgan fingerprint density at radius 2 is 2.04 bits per heavy atom. The van der Waals surface area contributed by atoms with Gasteiger partial charge in [0.15, 0.2) is 6.54 Å². The highest BCUT2D eigenvalue weighted by Gasteiger charge is 2.31. The third kappa shape index (κ3) is 5.50. The molecule has 3 N–H and O–H groups in total. The van der Waals surface area contributed by atoms with E-state index in [9.17, 15) is 18.0 Å². The number of nitrogens with zero attached hydrogens (tertiary/aromatic N) is 1. The predicted octanol–water partition coefficient (Wildman–Crippen LogP) is -0.738. The zero-order valence-corrected chi connectivity index (χ0v) is 16.1. The number of carbonyl (C=O) groups excluding carboxylic acids is 2. The number of carbonyl (C=O) groups is 2. The van der Waals surface area contributed by atoms with Crippen LogP contribution in [0.4, 0.5) is 4.79 Å².